The van der Waals surface area contributed by atoms with Crippen LogP contribution in [0.15, 0.2) is 70.3 Å². The van der Waals surface area contributed by atoms with Crippen LogP contribution in [0.25, 0.3) is 0 Å². The van der Waals surface area contributed by atoms with Crippen LogP contribution in [-0.2, 0) is 4.74 Å². The van der Waals surface area contributed by atoms with Gasteiger partial charge in [-0.25, -0.2) is 4.98 Å². The quantitative estimate of drug-likeness (QED) is 0.188. The number of nitrogens with one attached hydrogen (secondary N) is 2. The van der Waals surface area contributed by atoms with Gasteiger partial charge in [0.2, 0.25) is 0 Å². The maximum absolute atomic E-state index is 5.44. The molecule has 8 nitrogen and oxygen atoms in total. The van der Waals surface area contributed by atoms with Gasteiger partial charge in [-0.3, -0.25) is 5.43 Å². The molecule has 5 rings (SSSR count). The van der Waals surface area contributed by atoms with Gasteiger partial charge in [0.05, 0.1) is 35.3 Å². The lowest BCUT2D eigenvalue weighted by Crippen LogP contribution is -2.35. The molecule has 0 saturated carbocycles. The first-order valence-electron chi connectivity index (χ1n) is 11.8. The van der Waals surface area contributed by atoms with Crippen molar-refractivity contribution in [2.24, 2.45) is 10.2 Å². The van der Waals surface area contributed by atoms with Gasteiger partial charge in [0.25, 0.3) is 0 Å². The van der Waals surface area contributed by atoms with Gasteiger partial charge in [-0.15, -0.1) is 11.3 Å². The Bertz CT molecular complexity index is 1330. The normalized spacial score (nSPS) is 13.8. The van der Waals surface area contributed by atoms with Crippen LogP contribution < -0.4 is 20.7 Å². The highest BCUT2D eigenvalue weighted by atomic mass is 32.1. The average Bonchev–Trinajstić information content (AvgIpc) is 3.60. The van der Waals surface area contributed by atoms with Crippen molar-refractivity contribution >= 4 is 60.6 Å². The maximum Gasteiger partial charge on any atom is 0.189 e. The molecule has 36 heavy (non-hydrogen) atoms. The number of hydrazine groups is 1. The number of benzene rings is 2. The molecule has 1 saturated heterocycles. The smallest absolute Gasteiger partial charge is 0.189 e. The number of morpholine rings is 1. The van der Waals surface area contributed by atoms with Gasteiger partial charge < -0.3 is 20.0 Å². The Morgan fingerprint density at radius 2 is 1.83 bits per heavy atom. The second-order valence-electron chi connectivity index (χ2n) is 8.53. The first-order valence-corrected chi connectivity index (χ1v) is 13.5. The van der Waals surface area contributed by atoms with Crippen molar-refractivity contribution in [2.45, 2.75) is 13.8 Å². The summed E-state index contributed by atoms with van der Waals surface area (Å²) in [5.41, 5.74) is 12.5. The highest BCUT2D eigenvalue weighted by Gasteiger charge is 2.13. The van der Waals surface area contributed by atoms with Gasteiger partial charge in [0, 0.05) is 37.4 Å². The van der Waals surface area contributed by atoms with Crippen LogP contribution in [0.3, 0.4) is 0 Å². The number of anilines is 5. The van der Waals surface area contributed by atoms with E-state index in [1.807, 2.05) is 49.8 Å². The van der Waals surface area contributed by atoms with Gasteiger partial charge in [-0.2, -0.15) is 10.2 Å². The molecule has 0 amide bonds. The second-order valence-corrected chi connectivity index (χ2v) is 10.5. The highest BCUT2D eigenvalue weighted by molar-refractivity contribution is 7.20. The fourth-order valence-corrected chi connectivity index (χ4v) is 5.53. The van der Waals surface area contributed by atoms with E-state index in [2.05, 4.69) is 67.1 Å². The molecule has 3 heterocycles. The van der Waals surface area contributed by atoms with Gasteiger partial charge in [-0.05, 0) is 73.5 Å². The second kappa shape index (κ2) is 11.1. The predicted octanol–water partition coefficient (Wildman–Crippen LogP) is 7.28. The zero-order valence-electron chi connectivity index (χ0n) is 20.6. The van der Waals surface area contributed by atoms with Crippen LogP contribution in [0.5, 0.6) is 0 Å². The molecule has 0 atom stereocenters. The van der Waals surface area contributed by atoms with E-state index < -0.39 is 0 Å². The molecule has 1 aliphatic rings. The summed E-state index contributed by atoms with van der Waals surface area (Å²) in [5, 5.41) is 14.2. The molecule has 4 aromatic rings. The zero-order chi connectivity index (χ0) is 24.9. The zero-order valence-corrected chi connectivity index (χ0v) is 22.2. The van der Waals surface area contributed by atoms with E-state index in [-0.39, 0.29) is 0 Å². The van der Waals surface area contributed by atoms with E-state index in [4.69, 9.17) is 4.74 Å². The van der Waals surface area contributed by atoms with E-state index in [9.17, 15) is 0 Å². The number of hydrogen-bond donors (Lipinski definition) is 2. The fraction of sp³-hybridized carbons (Fsp3) is 0.269. The molecule has 0 bridgehead atoms. The molecule has 10 heteroatoms. The Labute approximate surface area is 219 Å². The summed E-state index contributed by atoms with van der Waals surface area (Å²) >= 11 is 3.35. The topological polar surface area (TPSA) is 77.4 Å². The third-order valence-electron chi connectivity index (χ3n) is 5.96. The molecule has 0 unspecified atom stereocenters. The number of hydrogen-bond acceptors (Lipinski definition) is 10. The van der Waals surface area contributed by atoms with Gasteiger partial charge >= 0.3 is 0 Å². The lowest BCUT2D eigenvalue weighted by molar-refractivity contribution is 0.123. The highest BCUT2D eigenvalue weighted by Crippen LogP contribution is 2.33. The minimum absolute atomic E-state index is 0.789. The van der Waals surface area contributed by atoms with Gasteiger partial charge in [0.15, 0.2) is 5.13 Å². The van der Waals surface area contributed by atoms with E-state index in [0.717, 1.165) is 70.3 Å². The number of azo groups is 1. The monoisotopic (exact) mass is 519 g/mol. The summed E-state index contributed by atoms with van der Waals surface area (Å²) in [7, 11) is 2.03. The summed E-state index contributed by atoms with van der Waals surface area (Å²) < 4.78 is 5.44. The lowest BCUT2D eigenvalue weighted by Gasteiger charge is -2.27. The Kier molecular flexibility index (Phi) is 7.45. The molecule has 2 aromatic heterocycles. The van der Waals surface area contributed by atoms with Crippen LogP contribution >= 0.6 is 22.7 Å². The summed E-state index contributed by atoms with van der Waals surface area (Å²) in [6.07, 6.45) is 1.82. The van der Waals surface area contributed by atoms with Crippen LogP contribution in [0, 0.1) is 13.8 Å². The fourth-order valence-electron chi connectivity index (χ4n) is 4.00. The van der Waals surface area contributed by atoms with Crippen LogP contribution in [0.2, 0.25) is 0 Å². The van der Waals surface area contributed by atoms with Crippen molar-refractivity contribution < 1.29 is 4.74 Å². The first-order chi connectivity index (χ1) is 17.6. The summed E-state index contributed by atoms with van der Waals surface area (Å²) in [4.78, 5) is 8.83. The molecule has 186 valence electrons. The molecular weight excluding hydrogens is 490 g/mol. The Balaban J connectivity index is 1.20. The molecule has 1 aliphatic heterocycles. The molecule has 1 fully saturated rings. The van der Waals surface area contributed by atoms with Crippen molar-refractivity contribution in [2.75, 3.05) is 54.0 Å². The largest absolute Gasteiger partial charge is 0.378 e. The van der Waals surface area contributed by atoms with Crippen LogP contribution in [0.4, 0.5) is 37.9 Å². The SMILES string of the molecule is Cc1cc(NNc2ccc(N3CCOCC3)s2)ccc1N=Nc1ccc(N(C)c2nccs2)c(C)c1. The lowest BCUT2D eigenvalue weighted by atomic mass is 10.1. The number of thiazole rings is 1. The number of aromatic nitrogens is 1. The van der Waals surface area contributed by atoms with Crippen molar-refractivity contribution in [3.8, 4) is 0 Å². The number of ether oxygens (including phenoxy) is 1. The average molecular weight is 520 g/mol. The van der Waals surface area contributed by atoms with Crippen LogP contribution in [0.1, 0.15) is 11.1 Å². The van der Waals surface area contributed by atoms with Crippen LogP contribution in [-0.4, -0.2) is 38.3 Å². The number of thiophene rings is 1. The van der Waals surface area contributed by atoms with E-state index in [1.54, 1.807) is 22.7 Å². The van der Waals surface area contributed by atoms with Crippen molar-refractivity contribution in [3.63, 3.8) is 0 Å². The number of nitrogens with zero attached hydrogens (tertiary/aromatic N) is 5. The number of aryl methyl sites for hydroxylation is 2. The Morgan fingerprint density at radius 3 is 2.58 bits per heavy atom. The molecule has 2 N–H and O–H groups in total. The van der Waals surface area contributed by atoms with E-state index in [1.165, 1.54) is 5.00 Å². The Morgan fingerprint density at radius 1 is 0.972 bits per heavy atom. The minimum Gasteiger partial charge on any atom is -0.378 e. The van der Waals surface area contributed by atoms with Crippen molar-refractivity contribution in [3.05, 3.63) is 71.2 Å². The number of rotatable bonds is 8. The molecular formula is C26H29N7OS2. The van der Waals surface area contributed by atoms with Gasteiger partial charge in [0.1, 0.15) is 5.00 Å². The standard InChI is InChI=1S/C26H29N7OS2/c1-18-16-20(29-31-24-8-9-25(36-24)33-11-13-34-14-12-33)4-6-22(18)30-28-21-5-7-23(19(2)17-21)32(3)26-27-10-15-35-26/h4-10,15-17,29,31H,11-14H2,1-3H3. The third kappa shape index (κ3) is 5.67. The van der Waals surface area contributed by atoms with Gasteiger partial charge in [-0.1, -0.05) is 11.3 Å². The summed E-state index contributed by atoms with van der Waals surface area (Å²) in [5.74, 6) is 0. The summed E-state index contributed by atoms with van der Waals surface area (Å²) in [6.45, 7) is 7.58. The van der Waals surface area contributed by atoms with Crippen molar-refractivity contribution in [1.82, 2.24) is 4.98 Å². The molecule has 2 aromatic carbocycles. The van der Waals surface area contributed by atoms with E-state index >= 15 is 0 Å². The molecule has 0 spiro atoms. The van der Waals surface area contributed by atoms with Crippen molar-refractivity contribution in [1.29, 1.82) is 0 Å². The molecule has 0 radical (unpaired) electrons. The predicted molar refractivity (Wildman–Crippen MR) is 151 cm³/mol. The third-order valence-corrected chi connectivity index (χ3v) is 7.87. The minimum atomic E-state index is 0.789. The maximum atomic E-state index is 5.44. The first kappa shape index (κ1) is 24.2. The summed E-state index contributed by atoms with van der Waals surface area (Å²) in [6, 6.07) is 16.4. The Hall–Kier alpha value is -3.47. The van der Waals surface area contributed by atoms with E-state index in [0.29, 0.717) is 0 Å². The molecule has 0 aliphatic carbocycles.